The van der Waals surface area contributed by atoms with Crippen LogP contribution in [0.3, 0.4) is 0 Å². The number of aromatic amines is 1. The molecule has 1 amide bonds. The van der Waals surface area contributed by atoms with Crippen molar-refractivity contribution in [2.75, 3.05) is 5.32 Å². The Balaban J connectivity index is 1.84. The van der Waals surface area contributed by atoms with Gasteiger partial charge in [0.2, 0.25) is 0 Å². The highest BCUT2D eigenvalue weighted by Gasteiger charge is 2.34. The fourth-order valence-corrected chi connectivity index (χ4v) is 2.85. The molecule has 148 valence electrons. The van der Waals surface area contributed by atoms with Crippen LogP contribution in [0.5, 0.6) is 0 Å². The monoisotopic (exact) mass is 415 g/mol. The highest BCUT2D eigenvalue weighted by Crippen LogP contribution is 2.28. The van der Waals surface area contributed by atoms with Gasteiger partial charge in [0.15, 0.2) is 5.69 Å². The average Bonchev–Trinajstić information content (AvgIpc) is 3.19. The number of alkyl halides is 3. The van der Waals surface area contributed by atoms with Gasteiger partial charge in [0.25, 0.3) is 5.91 Å². The highest BCUT2D eigenvalue weighted by atomic mass is 35.5. The van der Waals surface area contributed by atoms with E-state index >= 15 is 0 Å². The second-order valence-corrected chi connectivity index (χ2v) is 6.43. The summed E-state index contributed by atoms with van der Waals surface area (Å²) in [7, 11) is 0. The molecule has 3 aromatic rings. The first-order chi connectivity index (χ1) is 13.1. The Morgan fingerprint density at radius 1 is 1.32 bits per heavy atom. The van der Waals surface area contributed by atoms with Gasteiger partial charge >= 0.3 is 6.18 Å². The molecule has 0 aliphatic rings. The van der Waals surface area contributed by atoms with Crippen molar-refractivity contribution in [2.24, 2.45) is 0 Å². The van der Waals surface area contributed by atoms with Crippen LogP contribution < -0.4 is 5.32 Å². The Bertz CT molecular complexity index is 1020. The molecule has 0 aliphatic heterocycles. The van der Waals surface area contributed by atoms with E-state index in [1.165, 1.54) is 16.8 Å². The number of carbonyl (C=O) groups is 1. The number of benzene rings is 1. The van der Waals surface area contributed by atoms with Crippen LogP contribution in [-0.4, -0.2) is 25.9 Å². The lowest BCUT2D eigenvalue weighted by Crippen LogP contribution is -2.14. The first kappa shape index (κ1) is 19.9. The molecule has 0 spiro atoms. The number of amides is 1. The first-order valence-electron chi connectivity index (χ1n) is 7.98. The minimum Gasteiger partial charge on any atom is -0.317 e. The Morgan fingerprint density at radius 2 is 2.04 bits per heavy atom. The molecule has 11 heteroatoms. The highest BCUT2D eigenvalue weighted by molar-refractivity contribution is 6.31. The predicted octanol–water partition coefficient (Wildman–Crippen LogP) is 4.33. The van der Waals surface area contributed by atoms with E-state index in [1.807, 2.05) is 0 Å². The summed E-state index contributed by atoms with van der Waals surface area (Å²) in [6.45, 7) is 3.26. The quantitative estimate of drug-likeness (QED) is 0.622. The molecule has 6 nitrogen and oxygen atoms in total. The van der Waals surface area contributed by atoms with Gasteiger partial charge in [-0.15, -0.1) is 0 Å². The van der Waals surface area contributed by atoms with Crippen molar-refractivity contribution >= 4 is 23.2 Å². The molecule has 0 unspecified atom stereocenters. The summed E-state index contributed by atoms with van der Waals surface area (Å²) in [5.41, 5.74) is -0.127. The molecule has 2 aromatic heterocycles. The molecule has 2 heterocycles. The molecule has 3 rings (SSSR count). The van der Waals surface area contributed by atoms with E-state index in [2.05, 4.69) is 15.5 Å². The van der Waals surface area contributed by atoms with Gasteiger partial charge in [0.1, 0.15) is 11.5 Å². The van der Waals surface area contributed by atoms with Gasteiger partial charge in [-0.2, -0.15) is 23.4 Å². The lowest BCUT2D eigenvalue weighted by molar-refractivity contribution is -0.141. The fourth-order valence-electron chi connectivity index (χ4n) is 2.63. The minimum atomic E-state index is -4.64. The molecule has 1 aromatic carbocycles. The largest absolute Gasteiger partial charge is 0.432 e. The van der Waals surface area contributed by atoms with Crippen molar-refractivity contribution in [3.05, 3.63) is 63.4 Å². The zero-order valence-corrected chi connectivity index (χ0v) is 15.4. The summed E-state index contributed by atoms with van der Waals surface area (Å²) in [4.78, 5) is 12.3. The number of H-pyrrole nitrogens is 1. The number of nitrogens with zero attached hydrogens (tertiary/aromatic N) is 3. The fraction of sp³-hybridized carbons (Fsp3) is 0.235. The Kier molecular flexibility index (Phi) is 5.16. The number of hydrogen-bond acceptors (Lipinski definition) is 3. The van der Waals surface area contributed by atoms with Gasteiger partial charge in [-0.25, -0.2) is 4.39 Å². The predicted molar refractivity (Wildman–Crippen MR) is 93.8 cm³/mol. The third kappa shape index (κ3) is 3.86. The maximum absolute atomic E-state index is 14.0. The van der Waals surface area contributed by atoms with Crippen molar-refractivity contribution < 1.29 is 22.4 Å². The van der Waals surface area contributed by atoms with Crippen LogP contribution in [-0.2, 0) is 12.7 Å². The molecule has 0 bridgehead atoms. The molecule has 0 aliphatic carbocycles. The lowest BCUT2D eigenvalue weighted by Gasteiger charge is -2.09. The molecule has 0 radical (unpaired) electrons. The Morgan fingerprint density at radius 3 is 2.64 bits per heavy atom. The van der Waals surface area contributed by atoms with E-state index in [4.69, 9.17) is 11.6 Å². The van der Waals surface area contributed by atoms with E-state index in [0.29, 0.717) is 23.1 Å². The number of aromatic nitrogens is 4. The van der Waals surface area contributed by atoms with Crippen LogP contribution in [0.15, 0.2) is 24.3 Å². The maximum atomic E-state index is 14.0. The van der Waals surface area contributed by atoms with Gasteiger partial charge in [0, 0.05) is 16.7 Å². The van der Waals surface area contributed by atoms with E-state index in [-0.39, 0.29) is 17.1 Å². The molecule has 2 N–H and O–H groups in total. The molecular formula is C17H14ClF4N5O. The standard InChI is InChI=1S/C17H14ClF4N5O/c1-8-15(23-16(28)13-6-14(25-24-13)17(20,21)22)9(2)27(26-8)7-10-11(18)4-3-5-12(10)19/h3-6H,7H2,1-2H3,(H,23,28)(H,24,25). The summed E-state index contributed by atoms with van der Waals surface area (Å²) in [5, 5.41) is 12.1. The zero-order valence-electron chi connectivity index (χ0n) is 14.7. The van der Waals surface area contributed by atoms with Crippen molar-refractivity contribution in [1.82, 2.24) is 20.0 Å². The van der Waals surface area contributed by atoms with Gasteiger partial charge in [-0.3, -0.25) is 14.6 Å². The first-order valence-corrected chi connectivity index (χ1v) is 8.36. The van der Waals surface area contributed by atoms with Crippen molar-refractivity contribution in [1.29, 1.82) is 0 Å². The molecular weight excluding hydrogens is 402 g/mol. The third-order valence-corrected chi connectivity index (χ3v) is 4.46. The zero-order chi connectivity index (χ0) is 20.6. The third-order valence-electron chi connectivity index (χ3n) is 4.11. The topological polar surface area (TPSA) is 75.6 Å². The lowest BCUT2D eigenvalue weighted by atomic mass is 10.2. The van der Waals surface area contributed by atoms with Gasteiger partial charge in [-0.05, 0) is 26.0 Å². The van der Waals surface area contributed by atoms with E-state index in [0.717, 1.165) is 0 Å². The van der Waals surface area contributed by atoms with Crippen molar-refractivity contribution in [3.8, 4) is 0 Å². The molecule has 0 saturated carbocycles. The summed E-state index contributed by atoms with van der Waals surface area (Å²) in [5.74, 6) is -1.33. The summed E-state index contributed by atoms with van der Waals surface area (Å²) >= 11 is 6.03. The molecule has 0 atom stereocenters. The summed E-state index contributed by atoms with van der Waals surface area (Å²) in [6.07, 6.45) is -4.64. The van der Waals surface area contributed by atoms with Crippen LogP contribution in [0.25, 0.3) is 0 Å². The maximum Gasteiger partial charge on any atom is 0.432 e. The number of carbonyl (C=O) groups excluding carboxylic acids is 1. The van der Waals surface area contributed by atoms with Crippen LogP contribution >= 0.6 is 11.6 Å². The Hall–Kier alpha value is -2.88. The van der Waals surface area contributed by atoms with Crippen LogP contribution in [0.1, 0.15) is 33.1 Å². The van der Waals surface area contributed by atoms with Gasteiger partial charge in [0.05, 0.1) is 23.6 Å². The summed E-state index contributed by atoms with van der Waals surface area (Å²) in [6, 6.07) is 4.91. The Labute approximate surface area is 161 Å². The van der Waals surface area contributed by atoms with Crippen LogP contribution in [0, 0.1) is 19.7 Å². The van der Waals surface area contributed by atoms with Gasteiger partial charge in [-0.1, -0.05) is 17.7 Å². The van der Waals surface area contributed by atoms with Crippen molar-refractivity contribution in [2.45, 2.75) is 26.6 Å². The van der Waals surface area contributed by atoms with E-state index < -0.39 is 29.3 Å². The van der Waals surface area contributed by atoms with Crippen molar-refractivity contribution in [3.63, 3.8) is 0 Å². The second kappa shape index (κ2) is 7.27. The number of anilines is 1. The average molecular weight is 416 g/mol. The van der Waals surface area contributed by atoms with E-state index in [9.17, 15) is 22.4 Å². The molecule has 0 fully saturated rings. The van der Waals surface area contributed by atoms with E-state index in [1.54, 1.807) is 25.0 Å². The molecule has 28 heavy (non-hydrogen) atoms. The number of rotatable bonds is 4. The number of hydrogen-bond donors (Lipinski definition) is 2. The SMILES string of the molecule is Cc1nn(Cc2c(F)cccc2Cl)c(C)c1NC(=O)c1cc(C(F)(F)F)[nH]n1. The minimum absolute atomic E-state index is 0.0225. The smallest absolute Gasteiger partial charge is 0.317 e. The normalized spacial score (nSPS) is 11.7. The van der Waals surface area contributed by atoms with Crippen LogP contribution in [0.2, 0.25) is 5.02 Å². The molecule has 0 saturated heterocycles. The number of nitrogens with one attached hydrogen (secondary N) is 2. The van der Waals surface area contributed by atoms with Crippen LogP contribution in [0.4, 0.5) is 23.2 Å². The number of aryl methyl sites for hydroxylation is 1. The number of halogens is 5. The second-order valence-electron chi connectivity index (χ2n) is 6.02. The van der Waals surface area contributed by atoms with Gasteiger partial charge < -0.3 is 5.32 Å². The summed E-state index contributed by atoms with van der Waals surface area (Å²) < 4.78 is 53.4.